The van der Waals surface area contributed by atoms with Gasteiger partial charge in [0.25, 0.3) is 0 Å². The zero-order valence-electron chi connectivity index (χ0n) is 7.17. The monoisotopic (exact) mass is 177 g/mol. The molecule has 0 radical (unpaired) electrons. The average Bonchev–Trinajstić information content (AvgIpc) is 2.39. The lowest BCUT2D eigenvalue weighted by molar-refractivity contribution is 0.444. The highest BCUT2D eigenvalue weighted by Gasteiger charge is 2.20. The van der Waals surface area contributed by atoms with Gasteiger partial charge in [-0.2, -0.15) is 10.4 Å². The van der Waals surface area contributed by atoms with Crippen LogP contribution in [0.5, 0.6) is 0 Å². The van der Waals surface area contributed by atoms with Gasteiger partial charge in [-0.1, -0.05) is 0 Å². The molecule has 0 unspecified atom stereocenters. The Hall–Kier alpha value is -1.70. The van der Waals surface area contributed by atoms with E-state index in [0.717, 1.165) is 12.8 Å². The van der Waals surface area contributed by atoms with E-state index in [2.05, 4.69) is 15.5 Å². The number of nitriles is 1. The highest BCUT2D eigenvalue weighted by molar-refractivity contribution is 5.63. The van der Waals surface area contributed by atoms with E-state index in [9.17, 15) is 0 Å². The first-order valence-corrected chi connectivity index (χ1v) is 4.31. The Bertz CT molecular complexity index is 344. The van der Waals surface area contributed by atoms with Crippen LogP contribution in [0.2, 0.25) is 0 Å². The van der Waals surface area contributed by atoms with Crippen LogP contribution in [0.4, 0.5) is 11.6 Å². The molecule has 0 aliphatic heterocycles. The standard InChI is InChI=1S/C8H11N5/c9-4-6-7(10)12-13-8(6)11-5-2-1-3-5/h5H,1-3H2,(H4,10,11,12,13). The maximum absolute atomic E-state index is 8.76. The zero-order valence-corrected chi connectivity index (χ0v) is 7.17. The van der Waals surface area contributed by atoms with E-state index in [-0.39, 0.29) is 0 Å². The van der Waals surface area contributed by atoms with Gasteiger partial charge in [-0.05, 0) is 19.3 Å². The lowest BCUT2D eigenvalue weighted by atomic mass is 9.93. The van der Waals surface area contributed by atoms with E-state index in [1.165, 1.54) is 6.42 Å². The van der Waals surface area contributed by atoms with Crippen molar-refractivity contribution in [1.82, 2.24) is 10.2 Å². The normalized spacial score (nSPS) is 16.2. The van der Waals surface area contributed by atoms with Crippen molar-refractivity contribution in [1.29, 1.82) is 5.26 Å². The molecule has 5 heteroatoms. The van der Waals surface area contributed by atoms with Crippen LogP contribution in [0.1, 0.15) is 24.8 Å². The summed E-state index contributed by atoms with van der Waals surface area (Å²) >= 11 is 0. The summed E-state index contributed by atoms with van der Waals surface area (Å²) in [5.74, 6) is 0.925. The molecule has 13 heavy (non-hydrogen) atoms. The lowest BCUT2D eigenvalue weighted by Crippen LogP contribution is -2.27. The number of aromatic nitrogens is 2. The van der Waals surface area contributed by atoms with Crippen molar-refractivity contribution in [3.05, 3.63) is 5.56 Å². The minimum Gasteiger partial charge on any atom is -0.383 e. The molecule has 0 spiro atoms. The summed E-state index contributed by atoms with van der Waals surface area (Å²) in [5.41, 5.74) is 5.93. The van der Waals surface area contributed by atoms with Gasteiger partial charge in [0.1, 0.15) is 17.5 Å². The fraction of sp³-hybridized carbons (Fsp3) is 0.500. The minimum absolute atomic E-state index is 0.337. The Labute approximate surface area is 75.9 Å². The molecule has 1 heterocycles. The molecule has 1 aliphatic carbocycles. The Morgan fingerprint density at radius 1 is 1.62 bits per heavy atom. The second-order valence-electron chi connectivity index (χ2n) is 3.24. The van der Waals surface area contributed by atoms with Crippen LogP contribution in [0, 0.1) is 11.3 Å². The summed E-state index contributed by atoms with van der Waals surface area (Å²) in [5, 5.41) is 18.4. The first-order valence-electron chi connectivity index (χ1n) is 4.31. The zero-order chi connectivity index (χ0) is 9.26. The third-order valence-corrected chi connectivity index (χ3v) is 2.35. The van der Waals surface area contributed by atoms with E-state index in [4.69, 9.17) is 11.0 Å². The van der Waals surface area contributed by atoms with Gasteiger partial charge in [-0.15, -0.1) is 0 Å². The number of nitrogen functional groups attached to an aromatic ring is 1. The molecule has 0 saturated heterocycles. The van der Waals surface area contributed by atoms with Crippen molar-refractivity contribution in [3.63, 3.8) is 0 Å². The second-order valence-corrected chi connectivity index (χ2v) is 3.24. The number of hydrogen-bond acceptors (Lipinski definition) is 4. The van der Waals surface area contributed by atoms with Gasteiger partial charge < -0.3 is 11.1 Å². The van der Waals surface area contributed by atoms with Gasteiger partial charge in [0.05, 0.1) is 0 Å². The van der Waals surface area contributed by atoms with E-state index < -0.39 is 0 Å². The molecule has 0 aromatic carbocycles. The summed E-state index contributed by atoms with van der Waals surface area (Å²) in [4.78, 5) is 0. The fourth-order valence-electron chi connectivity index (χ4n) is 1.32. The largest absolute Gasteiger partial charge is 0.383 e. The molecule has 5 nitrogen and oxygen atoms in total. The molecule has 0 atom stereocenters. The van der Waals surface area contributed by atoms with Crippen molar-refractivity contribution in [2.75, 3.05) is 11.1 Å². The number of anilines is 2. The molecule has 2 rings (SSSR count). The molecule has 1 aromatic heterocycles. The van der Waals surface area contributed by atoms with Crippen LogP contribution in [-0.2, 0) is 0 Å². The van der Waals surface area contributed by atoms with E-state index in [1.807, 2.05) is 6.07 Å². The molecular weight excluding hydrogens is 166 g/mol. The van der Waals surface area contributed by atoms with Crippen LogP contribution in [0.25, 0.3) is 0 Å². The third-order valence-electron chi connectivity index (χ3n) is 2.35. The summed E-state index contributed by atoms with van der Waals surface area (Å²) < 4.78 is 0. The Balaban J connectivity index is 2.15. The topological polar surface area (TPSA) is 90.5 Å². The maximum Gasteiger partial charge on any atom is 0.168 e. The van der Waals surface area contributed by atoms with E-state index >= 15 is 0 Å². The highest BCUT2D eigenvalue weighted by atomic mass is 15.2. The third kappa shape index (κ3) is 1.31. The Morgan fingerprint density at radius 2 is 2.38 bits per heavy atom. The van der Waals surface area contributed by atoms with Crippen molar-refractivity contribution in [2.45, 2.75) is 25.3 Å². The van der Waals surface area contributed by atoms with Crippen LogP contribution in [-0.4, -0.2) is 16.2 Å². The van der Waals surface area contributed by atoms with Crippen LogP contribution in [0.15, 0.2) is 0 Å². The average molecular weight is 177 g/mol. The first-order chi connectivity index (χ1) is 6.31. The minimum atomic E-state index is 0.337. The fourth-order valence-corrected chi connectivity index (χ4v) is 1.32. The van der Waals surface area contributed by atoms with Gasteiger partial charge >= 0.3 is 0 Å². The van der Waals surface area contributed by atoms with Gasteiger partial charge in [0.2, 0.25) is 0 Å². The molecule has 0 amide bonds. The smallest absolute Gasteiger partial charge is 0.168 e. The highest BCUT2D eigenvalue weighted by Crippen LogP contribution is 2.25. The number of nitrogens with zero attached hydrogens (tertiary/aromatic N) is 2. The molecule has 4 N–H and O–H groups in total. The van der Waals surface area contributed by atoms with Gasteiger partial charge in [-0.25, -0.2) is 0 Å². The number of hydrogen-bond donors (Lipinski definition) is 3. The number of nitrogens with two attached hydrogens (primary N) is 1. The van der Waals surface area contributed by atoms with Crippen molar-refractivity contribution in [3.8, 4) is 6.07 Å². The van der Waals surface area contributed by atoms with Gasteiger partial charge in [0.15, 0.2) is 5.82 Å². The van der Waals surface area contributed by atoms with E-state index in [1.54, 1.807) is 0 Å². The molecule has 68 valence electrons. The summed E-state index contributed by atoms with van der Waals surface area (Å²) in [6.45, 7) is 0. The molecule has 1 aromatic rings. The SMILES string of the molecule is N#Cc1c(NC2CCC2)n[nH]c1N. The maximum atomic E-state index is 8.76. The Morgan fingerprint density at radius 3 is 2.92 bits per heavy atom. The second kappa shape index (κ2) is 2.98. The van der Waals surface area contributed by atoms with Crippen molar-refractivity contribution in [2.24, 2.45) is 0 Å². The Kier molecular flexibility index (Phi) is 1.81. The summed E-state index contributed by atoms with van der Waals surface area (Å²) in [6, 6.07) is 2.48. The van der Waals surface area contributed by atoms with Gasteiger partial charge in [0, 0.05) is 6.04 Å². The molecular formula is C8H11N5. The van der Waals surface area contributed by atoms with Crippen LogP contribution < -0.4 is 11.1 Å². The number of nitrogens with one attached hydrogen (secondary N) is 2. The van der Waals surface area contributed by atoms with E-state index in [0.29, 0.717) is 23.2 Å². The number of aromatic amines is 1. The number of H-pyrrole nitrogens is 1. The predicted molar refractivity (Wildman–Crippen MR) is 49.0 cm³/mol. The number of rotatable bonds is 2. The lowest BCUT2D eigenvalue weighted by Gasteiger charge is -2.26. The molecule has 1 saturated carbocycles. The summed E-state index contributed by atoms with van der Waals surface area (Å²) in [6.07, 6.45) is 3.55. The van der Waals surface area contributed by atoms with Gasteiger partial charge in [-0.3, -0.25) is 5.10 Å². The molecule has 1 aliphatic rings. The van der Waals surface area contributed by atoms with Crippen LogP contribution in [0.3, 0.4) is 0 Å². The van der Waals surface area contributed by atoms with Crippen molar-refractivity contribution >= 4 is 11.6 Å². The van der Waals surface area contributed by atoms with Crippen molar-refractivity contribution < 1.29 is 0 Å². The first kappa shape index (κ1) is 7.92. The summed E-state index contributed by atoms with van der Waals surface area (Å²) in [7, 11) is 0. The predicted octanol–water partition coefficient (Wildman–Crippen LogP) is 0.828. The molecule has 1 fully saturated rings. The molecule has 0 bridgehead atoms. The van der Waals surface area contributed by atoms with Crippen LogP contribution >= 0.6 is 0 Å². The quantitative estimate of drug-likeness (QED) is 0.624.